The molecule has 4 nitrogen and oxygen atoms in total. The molecule has 0 aliphatic rings. The lowest BCUT2D eigenvalue weighted by molar-refractivity contribution is -0.137. The molecule has 26 heavy (non-hydrogen) atoms. The number of hydrogen-bond acceptors (Lipinski definition) is 3. The Morgan fingerprint density at radius 3 is 2.42 bits per heavy atom. The van der Waals surface area contributed by atoms with Gasteiger partial charge in [0, 0.05) is 12.2 Å². The van der Waals surface area contributed by atoms with Crippen LogP contribution in [0.3, 0.4) is 0 Å². The monoisotopic (exact) mass is 384 g/mol. The Hall–Kier alpha value is -2.48. The Morgan fingerprint density at radius 2 is 1.77 bits per heavy atom. The molecule has 0 bridgehead atoms. The summed E-state index contributed by atoms with van der Waals surface area (Å²) in [7, 11) is 3.13. The third-order valence-corrected chi connectivity index (χ3v) is 3.84. The van der Waals surface area contributed by atoms with Gasteiger partial charge in [0.15, 0.2) is 16.6 Å². The lowest BCUT2D eigenvalue weighted by Crippen LogP contribution is -2.30. The summed E-state index contributed by atoms with van der Waals surface area (Å²) in [5.74, 6) is 1.28. The van der Waals surface area contributed by atoms with Crippen LogP contribution in [-0.4, -0.2) is 25.9 Å². The number of thiocarbonyl (C=S) groups is 1. The van der Waals surface area contributed by atoms with Crippen LogP contribution in [0, 0.1) is 0 Å². The topological polar surface area (TPSA) is 42.5 Å². The largest absolute Gasteiger partial charge is 0.493 e. The van der Waals surface area contributed by atoms with Gasteiger partial charge in [0.1, 0.15) is 0 Å². The first kappa shape index (κ1) is 19.8. The van der Waals surface area contributed by atoms with Crippen molar-refractivity contribution in [3.8, 4) is 11.5 Å². The number of methoxy groups -OCH3 is 2. The van der Waals surface area contributed by atoms with E-state index in [1.54, 1.807) is 14.2 Å². The smallest absolute Gasteiger partial charge is 0.416 e. The molecule has 0 spiro atoms. The maximum atomic E-state index is 12.7. The van der Waals surface area contributed by atoms with Gasteiger partial charge in [-0.2, -0.15) is 13.2 Å². The van der Waals surface area contributed by atoms with Crippen LogP contribution >= 0.6 is 12.2 Å². The Bertz CT molecular complexity index is 766. The summed E-state index contributed by atoms with van der Waals surface area (Å²) in [5.41, 5.74) is 0.566. The van der Waals surface area contributed by atoms with Crippen LogP contribution < -0.4 is 20.1 Å². The van der Waals surface area contributed by atoms with E-state index in [1.165, 1.54) is 12.1 Å². The van der Waals surface area contributed by atoms with E-state index in [-0.39, 0.29) is 10.8 Å². The molecule has 0 aromatic heterocycles. The molecule has 0 atom stereocenters. The Labute approximate surface area is 155 Å². The van der Waals surface area contributed by atoms with Gasteiger partial charge in [0.2, 0.25) is 0 Å². The fourth-order valence-electron chi connectivity index (χ4n) is 2.31. The first-order chi connectivity index (χ1) is 12.3. The molecule has 0 saturated carbocycles. The summed E-state index contributed by atoms with van der Waals surface area (Å²) in [6, 6.07) is 10.5. The average Bonchev–Trinajstić information content (AvgIpc) is 2.61. The summed E-state index contributed by atoms with van der Waals surface area (Å²) in [6.45, 7) is 0.514. The normalized spacial score (nSPS) is 11.0. The van der Waals surface area contributed by atoms with E-state index in [1.807, 2.05) is 18.2 Å². The van der Waals surface area contributed by atoms with Crippen LogP contribution in [0.25, 0.3) is 0 Å². The molecule has 0 aliphatic heterocycles. The zero-order chi connectivity index (χ0) is 19.2. The van der Waals surface area contributed by atoms with Crippen molar-refractivity contribution in [3.05, 3.63) is 53.6 Å². The van der Waals surface area contributed by atoms with Crippen molar-refractivity contribution in [2.24, 2.45) is 0 Å². The number of nitrogens with one attached hydrogen (secondary N) is 2. The third-order valence-electron chi connectivity index (χ3n) is 3.59. The molecule has 0 saturated heterocycles. The van der Waals surface area contributed by atoms with Crippen molar-refractivity contribution in [1.29, 1.82) is 0 Å². The molecule has 2 N–H and O–H groups in total. The van der Waals surface area contributed by atoms with E-state index in [4.69, 9.17) is 21.7 Å². The molecule has 2 rings (SSSR count). The number of hydrogen-bond donors (Lipinski definition) is 2. The summed E-state index contributed by atoms with van der Waals surface area (Å²) < 4.78 is 48.6. The van der Waals surface area contributed by atoms with Gasteiger partial charge in [-0.1, -0.05) is 12.1 Å². The minimum atomic E-state index is -4.39. The quantitative estimate of drug-likeness (QED) is 0.729. The highest BCUT2D eigenvalue weighted by Crippen LogP contribution is 2.30. The molecule has 8 heteroatoms. The minimum Gasteiger partial charge on any atom is -0.493 e. The second-order valence-electron chi connectivity index (χ2n) is 5.40. The molecule has 2 aromatic rings. The van der Waals surface area contributed by atoms with Crippen molar-refractivity contribution in [1.82, 2.24) is 5.32 Å². The summed E-state index contributed by atoms with van der Waals surface area (Å²) in [4.78, 5) is 0. The summed E-state index contributed by atoms with van der Waals surface area (Å²) in [5, 5.41) is 5.98. The van der Waals surface area contributed by atoms with Gasteiger partial charge in [-0.05, 0) is 54.5 Å². The van der Waals surface area contributed by atoms with Crippen LogP contribution in [0.4, 0.5) is 18.9 Å². The molecular formula is C18H19F3N2O2S. The van der Waals surface area contributed by atoms with E-state index in [0.717, 1.165) is 17.7 Å². The lowest BCUT2D eigenvalue weighted by atomic mass is 10.1. The number of benzene rings is 2. The van der Waals surface area contributed by atoms with Gasteiger partial charge in [-0.25, -0.2) is 0 Å². The van der Waals surface area contributed by atoms with Crippen molar-refractivity contribution in [2.45, 2.75) is 12.6 Å². The van der Waals surface area contributed by atoms with Crippen molar-refractivity contribution >= 4 is 23.0 Å². The SMILES string of the molecule is COc1ccc(CCNC(=S)Nc2cccc(C(F)(F)F)c2)cc1OC. The molecule has 0 amide bonds. The first-order valence-corrected chi connectivity index (χ1v) is 8.17. The predicted molar refractivity (Wildman–Crippen MR) is 98.9 cm³/mol. The number of anilines is 1. The summed E-state index contributed by atoms with van der Waals surface area (Å²) >= 11 is 5.13. The average molecular weight is 384 g/mol. The second-order valence-corrected chi connectivity index (χ2v) is 5.81. The Kier molecular flexibility index (Phi) is 6.68. The predicted octanol–water partition coefficient (Wildman–Crippen LogP) is 4.25. The fourth-order valence-corrected chi connectivity index (χ4v) is 2.52. The van der Waals surface area contributed by atoms with E-state index in [0.29, 0.717) is 24.5 Å². The van der Waals surface area contributed by atoms with Gasteiger partial charge in [0.25, 0.3) is 0 Å². The van der Waals surface area contributed by atoms with Crippen LogP contribution in [0.15, 0.2) is 42.5 Å². The van der Waals surface area contributed by atoms with Crippen LogP contribution in [0.2, 0.25) is 0 Å². The van der Waals surface area contributed by atoms with Crippen molar-refractivity contribution in [3.63, 3.8) is 0 Å². The number of halogens is 3. The number of rotatable bonds is 6. The lowest BCUT2D eigenvalue weighted by Gasteiger charge is -2.13. The van der Waals surface area contributed by atoms with Crippen LogP contribution in [-0.2, 0) is 12.6 Å². The van der Waals surface area contributed by atoms with E-state index in [2.05, 4.69) is 10.6 Å². The highest BCUT2D eigenvalue weighted by Gasteiger charge is 2.30. The highest BCUT2D eigenvalue weighted by atomic mass is 32.1. The standard InChI is InChI=1S/C18H19F3N2O2S/c1-24-15-7-6-12(10-16(15)25-2)8-9-22-17(26)23-14-5-3-4-13(11-14)18(19,20)21/h3-7,10-11H,8-9H2,1-2H3,(H2,22,23,26). The van der Waals surface area contributed by atoms with Gasteiger partial charge >= 0.3 is 6.18 Å². The van der Waals surface area contributed by atoms with Gasteiger partial charge < -0.3 is 20.1 Å². The maximum absolute atomic E-state index is 12.7. The van der Waals surface area contributed by atoms with E-state index >= 15 is 0 Å². The van der Waals surface area contributed by atoms with Crippen LogP contribution in [0.5, 0.6) is 11.5 Å². The van der Waals surface area contributed by atoms with Gasteiger partial charge in [-0.3, -0.25) is 0 Å². The number of alkyl halides is 3. The zero-order valence-corrected chi connectivity index (χ0v) is 15.1. The summed E-state index contributed by atoms with van der Waals surface area (Å²) in [6.07, 6.45) is -3.73. The first-order valence-electron chi connectivity index (χ1n) is 7.76. The third kappa shape index (κ3) is 5.52. The Balaban J connectivity index is 1.88. The van der Waals surface area contributed by atoms with Gasteiger partial charge in [0.05, 0.1) is 19.8 Å². The van der Waals surface area contributed by atoms with Crippen molar-refractivity contribution in [2.75, 3.05) is 26.1 Å². The van der Waals surface area contributed by atoms with Crippen molar-refractivity contribution < 1.29 is 22.6 Å². The van der Waals surface area contributed by atoms with E-state index in [9.17, 15) is 13.2 Å². The second kappa shape index (κ2) is 8.75. The van der Waals surface area contributed by atoms with E-state index < -0.39 is 11.7 Å². The molecule has 0 aliphatic carbocycles. The number of ether oxygens (including phenoxy) is 2. The molecule has 0 fully saturated rings. The minimum absolute atomic E-state index is 0.254. The zero-order valence-electron chi connectivity index (χ0n) is 14.3. The van der Waals surface area contributed by atoms with Gasteiger partial charge in [-0.15, -0.1) is 0 Å². The highest BCUT2D eigenvalue weighted by molar-refractivity contribution is 7.80. The maximum Gasteiger partial charge on any atom is 0.416 e. The molecule has 0 radical (unpaired) electrons. The Morgan fingerprint density at radius 1 is 1.04 bits per heavy atom. The molecule has 140 valence electrons. The fraction of sp³-hybridized carbons (Fsp3) is 0.278. The molecule has 0 heterocycles. The van der Waals surface area contributed by atoms with Crippen LogP contribution in [0.1, 0.15) is 11.1 Å². The molecule has 2 aromatic carbocycles. The molecule has 0 unspecified atom stereocenters. The molecular weight excluding hydrogens is 365 g/mol.